The molecular weight excluding hydrogens is 158 g/mol. The van der Waals surface area contributed by atoms with E-state index in [0.29, 0.717) is 0 Å². The van der Waals surface area contributed by atoms with E-state index in [9.17, 15) is 0 Å². The van der Waals surface area contributed by atoms with Crippen molar-refractivity contribution in [1.82, 2.24) is 0 Å². The fourth-order valence-corrected chi connectivity index (χ4v) is 1.72. The van der Waals surface area contributed by atoms with Crippen LogP contribution in [0.25, 0.3) is 0 Å². The Labute approximate surface area is 79.1 Å². The highest BCUT2D eigenvalue weighted by atomic mass is 14.2. The van der Waals surface area contributed by atoms with Crippen molar-refractivity contribution >= 4 is 0 Å². The summed E-state index contributed by atoms with van der Waals surface area (Å²) in [5.41, 5.74) is 2.11. The van der Waals surface area contributed by atoms with Gasteiger partial charge in [-0.3, -0.25) is 0 Å². The number of hydrogen-bond acceptors (Lipinski definition) is 1. The smallest absolute Gasteiger partial charge is 0.0991 e. The molecule has 2 rings (SSSR count). The second-order valence-electron chi connectivity index (χ2n) is 3.75. The first-order chi connectivity index (χ1) is 6.38. The molecule has 66 valence electrons. The van der Waals surface area contributed by atoms with Gasteiger partial charge in [-0.15, -0.1) is 0 Å². The van der Waals surface area contributed by atoms with Gasteiger partial charge in [0.2, 0.25) is 0 Å². The van der Waals surface area contributed by atoms with Gasteiger partial charge in [0.15, 0.2) is 0 Å². The van der Waals surface area contributed by atoms with Gasteiger partial charge >= 0.3 is 0 Å². The number of rotatable bonds is 1. The Bertz CT molecular complexity index is 322. The molecule has 0 amide bonds. The van der Waals surface area contributed by atoms with E-state index in [2.05, 4.69) is 18.2 Å². The molecule has 0 spiro atoms. The molecule has 2 aliphatic rings. The second-order valence-corrected chi connectivity index (χ2v) is 3.75. The zero-order valence-electron chi connectivity index (χ0n) is 7.66. The van der Waals surface area contributed by atoms with E-state index in [1.165, 1.54) is 24.8 Å². The van der Waals surface area contributed by atoms with Crippen molar-refractivity contribution in [3.05, 3.63) is 35.5 Å². The third-order valence-electron chi connectivity index (χ3n) is 2.72. The number of hydrogen-bond donors (Lipinski definition) is 0. The van der Waals surface area contributed by atoms with Gasteiger partial charge < -0.3 is 0 Å². The standard InChI is InChI=1S/C12H13N/c13-9-12-6-2-5-11(8-12)7-10-3-1-4-10/h2,6-8,10H,1,3-5H2. The van der Waals surface area contributed by atoms with Crippen molar-refractivity contribution < 1.29 is 0 Å². The summed E-state index contributed by atoms with van der Waals surface area (Å²) < 4.78 is 0. The normalized spacial score (nSPS) is 25.2. The molecular formula is C12H13N. The van der Waals surface area contributed by atoms with Crippen LogP contribution >= 0.6 is 0 Å². The predicted molar refractivity (Wildman–Crippen MR) is 52.9 cm³/mol. The lowest BCUT2D eigenvalue weighted by molar-refractivity contribution is 0.386. The van der Waals surface area contributed by atoms with Crippen LogP contribution in [0.4, 0.5) is 0 Å². The molecule has 0 radical (unpaired) electrons. The third-order valence-corrected chi connectivity index (χ3v) is 2.72. The van der Waals surface area contributed by atoms with E-state index in [-0.39, 0.29) is 0 Å². The average Bonchev–Trinajstić information content (AvgIpc) is 2.12. The molecule has 0 aliphatic heterocycles. The lowest BCUT2D eigenvalue weighted by Gasteiger charge is -2.22. The van der Waals surface area contributed by atoms with Gasteiger partial charge in [0.05, 0.1) is 11.6 Å². The van der Waals surface area contributed by atoms with Crippen molar-refractivity contribution in [1.29, 1.82) is 5.26 Å². The van der Waals surface area contributed by atoms with Crippen LogP contribution in [0.15, 0.2) is 35.5 Å². The van der Waals surface area contributed by atoms with Gasteiger partial charge in [0.25, 0.3) is 0 Å². The second kappa shape index (κ2) is 3.62. The summed E-state index contributed by atoms with van der Waals surface area (Å²) >= 11 is 0. The van der Waals surface area contributed by atoms with Gasteiger partial charge in [-0.25, -0.2) is 0 Å². The fraction of sp³-hybridized carbons (Fsp3) is 0.417. The predicted octanol–water partition coefficient (Wildman–Crippen LogP) is 3.12. The third kappa shape index (κ3) is 1.89. The molecule has 2 aliphatic carbocycles. The van der Waals surface area contributed by atoms with E-state index < -0.39 is 0 Å². The molecule has 0 saturated heterocycles. The molecule has 0 heterocycles. The molecule has 0 aromatic carbocycles. The SMILES string of the molecule is N#CC1=CC(=CC2CCC2)CC=C1. The monoisotopic (exact) mass is 171 g/mol. The van der Waals surface area contributed by atoms with E-state index in [0.717, 1.165) is 17.9 Å². The summed E-state index contributed by atoms with van der Waals surface area (Å²) in [7, 11) is 0. The Hall–Kier alpha value is -1.29. The molecule has 0 aromatic rings. The number of nitrogens with zero attached hydrogens (tertiary/aromatic N) is 1. The van der Waals surface area contributed by atoms with Gasteiger partial charge in [-0.2, -0.15) is 5.26 Å². The van der Waals surface area contributed by atoms with Crippen molar-refractivity contribution in [3.63, 3.8) is 0 Å². The molecule has 0 unspecified atom stereocenters. The van der Waals surface area contributed by atoms with Crippen molar-refractivity contribution in [2.75, 3.05) is 0 Å². The maximum atomic E-state index is 8.72. The van der Waals surface area contributed by atoms with Crippen LogP contribution in [0.1, 0.15) is 25.7 Å². The van der Waals surface area contributed by atoms with Crippen LogP contribution in [0.3, 0.4) is 0 Å². The van der Waals surface area contributed by atoms with Gasteiger partial charge in [0, 0.05) is 0 Å². The summed E-state index contributed by atoms with van der Waals surface area (Å²) in [5.74, 6) is 0.790. The maximum absolute atomic E-state index is 8.72. The molecule has 1 heteroatoms. The fourth-order valence-electron chi connectivity index (χ4n) is 1.72. The average molecular weight is 171 g/mol. The lowest BCUT2D eigenvalue weighted by Crippen LogP contribution is -2.08. The quantitative estimate of drug-likeness (QED) is 0.594. The van der Waals surface area contributed by atoms with Gasteiger partial charge in [-0.05, 0) is 42.9 Å². The molecule has 0 atom stereocenters. The summed E-state index contributed by atoms with van der Waals surface area (Å²) in [6, 6.07) is 2.18. The summed E-state index contributed by atoms with van der Waals surface area (Å²) in [4.78, 5) is 0. The van der Waals surface area contributed by atoms with E-state index in [1.807, 2.05) is 12.2 Å². The lowest BCUT2D eigenvalue weighted by atomic mass is 9.83. The summed E-state index contributed by atoms with van der Waals surface area (Å²) in [6.45, 7) is 0. The van der Waals surface area contributed by atoms with Crippen molar-refractivity contribution in [2.24, 2.45) is 5.92 Å². The van der Waals surface area contributed by atoms with Crippen molar-refractivity contribution in [2.45, 2.75) is 25.7 Å². The minimum absolute atomic E-state index is 0.789. The highest BCUT2D eigenvalue weighted by molar-refractivity contribution is 5.44. The molecule has 0 aromatic heterocycles. The topological polar surface area (TPSA) is 23.8 Å². The first-order valence-corrected chi connectivity index (χ1v) is 4.87. The molecule has 0 N–H and O–H groups in total. The van der Waals surface area contributed by atoms with Crippen LogP contribution < -0.4 is 0 Å². The number of nitriles is 1. The van der Waals surface area contributed by atoms with Crippen molar-refractivity contribution in [3.8, 4) is 6.07 Å². The van der Waals surface area contributed by atoms with Crippen LogP contribution in [0.2, 0.25) is 0 Å². The van der Waals surface area contributed by atoms with Crippen LogP contribution in [-0.2, 0) is 0 Å². The zero-order chi connectivity index (χ0) is 9.10. The highest BCUT2D eigenvalue weighted by Crippen LogP contribution is 2.30. The minimum atomic E-state index is 0.789. The maximum Gasteiger partial charge on any atom is 0.0991 e. The minimum Gasteiger partial charge on any atom is -0.192 e. The van der Waals surface area contributed by atoms with Crippen LogP contribution in [0, 0.1) is 17.2 Å². The van der Waals surface area contributed by atoms with Crippen LogP contribution in [-0.4, -0.2) is 0 Å². The Balaban J connectivity index is 2.09. The van der Waals surface area contributed by atoms with E-state index in [4.69, 9.17) is 5.26 Å². The van der Waals surface area contributed by atoms with Gasteiger partial charge in [0.1, 0.15) is 0 Å². The first kappa shape index (κ1) is 8.31. The summed E-state index contributed by atoms with van der Waals surface area (Å²) in [5, 5.41) is 8.72. The zero-order valence-corrected chi connectivity index (χ0v) is 7.66. The molecule has 13 heavy (non-hydrogen) atoms. The molecule has 1 fully saturated rings. The molecule has 1 saturated carbocycles. The van der Waals surface area contributed by atoms with E-state index >= 15 is 0 Å². The molecule has 0 bridgehead atoms. The Morgan fingerprint density at radius 1 is 1.46 bits per heavy atom. The highest BCUT2D eigenvalue weighted by Gasteiger charge is 2.15. The Morgan fingerprint density at radius 2 is 2.31 bits per heavy atom. The Kier molecular flexibility index (Phi) is 2.31. The Morgan fingerprint density at radius 3 is 2.92 bits per heavy atom. The largest absolute Gasteiger partial charge is 0.192 e. The van der Waals surface area contributed by atoms with E-state index in [1.54, 1.807) is 0 Å². The van der Waals surface area contributed by atoms with Crippen LogP contribution in [0.5, 0.6) is 0 Å². The summed E-state index contributed by atoms with van der Waals surface area (Å²) in [6.07, 6.45) is 13.4. The first-order valence-electron chi connectivity index (χ1n) is 4.87. The number of allylic oxidation sites excluding steroid dienone is 6. The van der Waals surface area contributed by atoms with Gasteiger partial charge in [-0.1, -0.05) is 18.6 Å². The molecule has 1 nitrogen and oxygen atoms in total.